The highest BCUT2D eigenvalue weighted by Gasteiger charge is 2.12. The topological polar surface area (TPSA) is 34.2 Å². The first-order chi connectivity index (χ1) is 9.17. The SMILES string of the molecule is CCCNC(CSCC)c1cncc(OC(C)C)c1. The van der Waals surface area contributed by atoms with E-state index in [4.69, 9.17) is 4.74 Å². The fourth-order valence-corrected chi connectivity index (χ4v) is 2.57. The predicted octanol–water partition coefficient (Wildman–Crippen LogP) is 3.66. The number of hydrogen-bond acceptors (Lipinski definition) is 4. The number of nitrogens with one attached hydrogen (secondary N) is 1. The maximum absolute atomic E-state index is 5.72. The Kier molecular flexibility index (Phi) is 7.91. The van der Waals surface area contributed by atoms with Crippen LogP contribution in [0.4, 0.5) is 0 Å². The van der Waals surface area contributed by atoms with E-state index in [1.807, 2.05) is 31.8 Å². The van der Waals surface area contributed by atoms with Crippen molar-refractivity contribution < 1.29 is 4.74 Å². The van der Waals surface area contributed by atoms with E-state index in [9.17, 15) is 0 Å². The zero-order valence-corrected chi connectivity index (χ0v) is 13.3. The van der Waals surface area contributed by atoms with E-state index in [0.717, 1.165) is 30.2 Å². The lowest BCUT2D eigenvalue weighted by atomic mass is 10.1. The number of nitrogens with zero attached hydrogens (tertiary/aromatic N) is 1. The van der Waals surface area contributed by atoms with Crippen molar-refractivity contribution in [3.63, 3.8) is 0 Å². The average molecular weight is 282 g/mol. The summed E-state index contributed by atoms with van der Waals surface area (Å²) in [5, 5.41) is 3.58. The van der Waals surface area contributed by atoms with Crippen LogP contribution in [0.1, 0.15) is 45.7 Å². The van der Waals surface area contributed by atoms with Crippen molar-refractivity contribution in [2.24, 2.45) is 0 Å². The minimum atomic E-state index is 0.184. The Balaban J connectivity index is 2.75. The third-order valence-corrected chi connectivity index (χ3v) is 3.62. The van der Waals surface area contributed by atoms with E-state index in [1.165, 1.54) is 5.56 Å². The molecule has 0 bridgehead atoms. The molecule has 0 aliphatic rings. The number of pyridine rings is 1. The van der Waals surface area contributed by atoms with Crippen LogP contribution >= 0.6 is 11.8 Å². The highest BCUT2D eigenvalue weighted by atomic mass is 32.2. The zero-order valence-electron chi connectivity index (χ0n) is 12.5. The Morgan fingerprint density at radius 3 is 2.74 bits per heavy atom. The number of rotatable bonds is 9. The quantitative estimate of drug-likeness (QED) is 0.749. The molecule has 0 aromatic carbocycles. The lowest BCUT2D eigenvalue weighted by Crippen LogP contribution is -2.24. The van der Waals surface area contributed by atoms with E-state index in [2.05, 4.69) is 30.2 Å². The van der Waals surface area contributed by atoms with Gasteiger partial charge in [-0.15, -0.1) is 0 Å². The van der Waals surface area contributed by atoms with Gasteiger partial charge in [0.2, 0.25) is 0 Å². The van der Waals surface area contributed by atoms with Crippen LogP contribution in [0, 0.1) is 0 Å². The summed E-state index contributed by atoms with van der Waals surface area (Å²) in [6, 6.07) is 2.46. The van der Waals surface area contributed by atoms with Crippen LogP contribution in [-0.2, 0) is 0 Å². The van der Waals surface area contributed by atoms with Gasteiger partial charge in [0.15, 0.2) is 0 Å². The van der Waals surface area contributed by atoms with E-state index in [-0.39, 0.29) is 6.10 Å². The van der Waals surface area contributed by atoms with Gasteiger partial charge in [-0.1, -0.05) is 13.8 Å². The molecule has 1 atom stereocenters. The lowest BCUT2D eigenvalue weighted by Gasteiger charge is -2.19. The maximum atomic E-state index is 5.72. The first kappa shape index (κ1) is 16.3. The summed E-state index contributed by atoms with van der Waals surface area (Å²) in [7, 11) is 0. The standard InChI is InChI=1S/C15H26N2OS/c1-5-7-17-15(11-19-6-2)13-8-14(10-16-9-13)18-12(3)4/h8-10,12,15,17H,5-7,11H2,1-4H3. The molecular formula is C15H26N2OS. The maximum Gasteiger partial charge on any atom is 0.138 e. The summed E-state index contributed by atoms with van der Waals surface area (Å²) in [5.74, 6) is 3.07. The molecule has 1 aromatic rings. The van der Waals surface area contributed by atoms with Crippen LogP contribution in [0.15, 0.2) is 18.5 Å². The van der Waals surface area contributed by atoms with Crippen LogP contribution in [0.5, 0.6) is 5.75 Å². The fourth-order valence-electron chi connectivity index (χ4n) is 1.79. The van der Waals surface area contributed by atoms with Gasteiger partial charge in [-0.2, -0.15) is 11.8 Å². The number of hydrogen-bond donors (Lipinski definition) is 1. The van der Waals surface area contributed by atoms with Crippen molar-refractivity contribution in [3.05, 3.63) is 24.0 Å². The van der Waals surface area contributed by atoms with E-state index in [1.54, 1.807) is 6.20 Å². The molecule has 0 aliphatic carbocycles. The summed E-state index contributed by atoms with van der Waals surface area (Å²) >= 11 is 1.95. The Hall–Kier alpha value is -0.740. The van der Waals surface area contributed by atoms with Crippen LogP contribution in [0.3, 0.4) is 0 Å². The number of aromatic nitrogens is 1. The Morgan fingerprint density at radius 1 is 1.32 bits per heavy atom. The molecule has 108 valence electrons. The van der Waals surface area contributed by atoms with Crippen molar-refractivity contribution in [1.29, 1.82) is 0 Å². The van der Waals surface area contributed by atoms with Gasteiger partial charge in [-0.05, 0) is 44.2 Å². The van der Waals surface area contributed by atoms with E-state index in [0.29, 0.717) is 6.04 Å². The number of ether oxygens (including phenoxy) is 1. The van der Waals surface area contributed by atoms with Gasteiger partial charge < -0.3 is 10.1 Å². The third kappa shape index (κ3) is 6.30. The molecule has 0 fully saturated rings. The molecular weight excluding hydrogens is 256 g/mol. The van der Waals surface area contributed by atoms with Gasteiger partial charge in [0.05, 0.1) is 12.3 Å². The van der Waals surface area contributed by atoms with Crippen molar-refractivity contribution in [2.75, 3.05) is 18.1 Å². The predicted molar refractivity (Wildman–Crippen MR) is 84.0 cm³/mol. The molecule has 0 spiro atoms. The third-order valence-electron chi connectivity index (χ3n) is 2.64. The van der Waals surface area contributed by atoms with Crippen molar-refractivity contribution >= 4 is 11.8 Å². The van der Waals surface area contributed by atoms with E-state index < -0.39 is 0 Å². The van der Waals surface area contributed by atoms with Crippen molar-refractivity contribution in [2.45, 2.75) is 46.3 Å². The second-order valence-corrected chi connectivity index (χ2v) is 6.11. The molecule has 0 saturated heterocycles. The van der Waals surface area contributed by atoms with Gasteiger partial charge in [0, 0.05) is 18.0 Å². The Morgan fingerprint density at radius 2 is 2.11 bits per heavy atom. The van der Waals surface area contributed by atoms with Gasteiger partial charge in [0.1, 0.15) is 5.75 Å². The van der Waals surface area contributed by atoms with Crippen LogP contribution in [0.25, 0.3) is 0 Å². The first-order valence-corrected chi connectivity index (χ1v) is 8.25. The largest absolute Gasteiger partial charge is 0.489 e. The molecule has 0 radical (unpaired) electrons. The van der Waals surface area contributed by atoms with Gasteiger partial charge >= 0.3 is 0 Å². The van der Waals surface area contributed by atoms with Crippen molar-refractivity contribution in [3.8, 4) is 5.75 Å². The van der Waals surface area contributed by atoms with Crippen molar-refractivity contribution in [1.82, 2.24) is 10.3 Å². The lowest BCUT2D eigenvalue weighted by molar-refractivity contribution is 0.241. The van der Waals surface area contributed by atoms with Gasteiger partial charge in [-0.25, -0.2) is 0 Å². The molecule has 1 heterocycles. The molecule has 0 amide bonds. The van der Waals surface area contributed by atoms with Crippen LogP contribution in [-0.4, -0.2) is 29.1 Å². The summed E-state index contributed by atoms with van der Waals surface area (Å²) in [4.78, 5) is 4.30. The molecule has 0 aliphatic heterocycles. The molecule has 3 nitrogen and oxygen atoms in total. The summed E-state index contributed by atoms with van der Waals surface area (Å²) < 4.78 is 5.72. The molecule has 1 N–H and O–H groups in total. The van der Waals surface area contributed by atoms with Crippen LogP contribution < -0.4 is 10.1 Å². The zero-order chi connectivity index (χ0) is 14.1. The average Bonchev–Trinajstić information content (AvgIpc) is 2.38. The molecule has 4 heteroatoms. The normalized spacial score (nSPS) is 12.7. The summed E-state index contributed by atoms with van der Waals surface area (Å²) in [6.07, 6.45) is 5.05. The monoisotopic (exact) mass is 282 g/mol. The van der Waals surface area contributed by atoms with Gasteiger partial charge in [0.25, 0.3) is 0 Å². The second kappa shape index (κ2) is 9.21. The highest BCUT2D eigenvalue weighted by Crippen LogP contribution is 2.22. The number of thioether (sulfide) groups is 1. The molecule has 0 saturated carbocycles. The fraction of sp³-hybridized carbons (Fsp3) is 0.667. The molecule has 1 rings (SSSR count). The highest BCUT2D eigenvalue weighted by molar-refractivity contribution is 7.99. The smallest absolute Gasteiger partial charge is 0.138 e. The van der Waals surface area contributed by atoms with E-state index >= 15 is 0 Å². The molecule has 19 heavy (non-hydrogen) atoms. The minimum absolute atomic E-state index is 0.184. The summed E-state index contributed by atoms with van der Waals surface area (Å²) in [5.41, 5.74) is 1.22. The van der Waals surface area contributed by atoms with Crippen LogP contribution in [0.2, 0.25) is 0 Å². The Bertz CT molecular complexity index is 350. The molecule has 1 aromatic heterocycles. The van der Waals surface area contributed by atoms with Gasteiger partial charge in [-0.3, -0.25) is 4.98 Å². The Labute approximate surface area is 121 Å². The minimum Gasteiger partial charge on any atom is -0.489 e. The molecule has 1 unspecified atom stereocenters. The first-order valence-electron chi connectivity index (χ1n) is 7.10. The second-order valence-electron chi connectivity index (χ2n) is 4.79. The summed E-state index contributed by atoms with van der Waals surface area (Å²) in [6.45, 7) is 9.48.